The lowest BCUT2D eigenvalue weighted by molar-refractivity contribution is -0.142. The van der Waals surface area contributed by atoms with E-state index in [1.54, 1.807) is 26.0 Å². The summed E-state index contributed by atoms with van der Waals surface area (Å²) >= 11 is 5.92. The molecule has 0 aliphatic rings. The van der Waals surface area contributed by atoms with Gasteiger partial charge in [-0.2, -0.15) is 5.26 Å². The van der Waals surface area contributed by atoms with Gasteiger partial charge in [0.15, 0.2) is 0 Å². The fourth-order valence-electron chi connectivity index (χ4n) is 1.21. The van der Waals surface area contributed by atoms with Crippen LogP contribution >= 0.6 is 11.6 Å². The number of nitriles is 1. The molecule has 1 aromatic carbocycles. The summed E-state index contributed by atoms with van der Waals surface area (Å²) in [7, 11) is 0. The summed E-state index contributed by atoms with van der Waals surface area (Å²) in [6.45, 7) is 3.14. The molecule has 0 atom stereocenters. The number of carbonyl (C=O) groups is 1. The Morgan fingerprint density at radius 2 is 2.13 bits per heavy atom. The lowest BCUT2D eigenvalue weighted by atomic mass is 9.84. The molecule has 0 radical (unpaired) electrons. The fraction of sp³-hybridized carbons (Fsp3) is 0.273. The predicted molar refractivity (Wildman–Crippen MR) is 56.8 cm³/mol. The number of halogens is 1. The first-order chi connectivity index (χ1) is 6.89. The number of rotatable bonds is 2. The summed E-state index contributed by atoms with van der Waals surface area (Å²) < 4.78 is 0. The fourth-order valence-corrected chi connectivity index (χ4v) is 1.62. The first-order valence-electron chi connectivity index (χ1n) is 4.33. The van der Waals surface area contributed by atoms with Gasteiger partial charge >= 0.3 is 5.97 Å². The summed E-state index contributed by atoms with van der Waals surface area (Å²) in [6.07, 6.45) is 0. The van der Waals surface area contributed by atoms with E-state index < -0.39 is 11.4 Å². The van der Waals surface area contributed by atoms with E-state index in [9.17, 15) is 4.79 Å². The minimum Gasteiger partial charge on any atom is -0.481 e. The number of benzene rings is 1. The van der Waals surface area contributed by atoms with Crippen molar-refractivity contribution < 1.29 is 9.90 Å². The van der Waals surface area contributed by atoms with Gasteiger partial charge in [0, 0.05) is 5.02 Å². The van der Waals surface area contributed by atoms with Crippen molar-refractivity contribution in [1.82, 2.24) is 0 Å². The van der Waals surface area contributed by atoms with Crippen molar-refractivity contribution in [3.63, 3.8) is 0 Å². The molecular formula is C11H10ClNO2. The largest absolute Gasteiger partial charge is 0.481 e. The second-order valence-electron chi connectivity index (χ2n) is 3.74. The van der Waals surface area contributed by atoms with Crippen molar-refractivity contribution in [2.45, 2.75) is 19.3 Å². The van der Waals surface area contributed by atoms with Gasteiger partial charge in [0.25, 0.3) is 0 Å². The van der Waals surface area contributed by atoms with Crippen LogP contribution in [0.4, 0.5) is 0 Å². The molecule has 3 nitrogen and oxygen atoms in total. The molecule has 1 N–H and O–H groups in total. The summed E-state index contributed by atoms with van der Waals surface area (Å²) in [5.41, 5.74) is -0.119. The van der Waals surface area contributed by atoms with Crippen molar-refractivity contribution in [2.24, 2.45) is 0 Å². The van der Waals surface area contributed by atoms with E-state index in [-0.39, 0.29) is 0 Å². The second kappa shape index (κ2) is 3.92. The second-order valence-corrected chi connectivity index (χ2v) is 4.14. The van der Waals surface area contributed by atoms with Crippen molar-refractivity contribution in [2.75, 3.05) is 0 Å². The van der Waals surface area contributed by atoms with Crippen LogP contribution < -0.4 is 0 Å². The van der Waals surface area contributed by atoms with E-state index in [4.69, 9.17) is 22.0 Å². The lowest BCUT2D eigenvalue weighted by Crippen LogP contribution is -2.28. The average Bonchev–Trinajstić information content (AvgIpc) is 2.16. The minimum atomic E-state index is -1.05. The number of hydrogen-bond donors (Lipinski definition) is 1. The Morgan fingerprint density at radius 1 is 1.53 bits per heavy atom. The normalized spacial score (nSPS) is 10.8. The molecule has 0 saturated carbocycles. The maximum Gasteiger partial charge on any atom is 0.313 e. The van der Waals surface area contributed by atoms with Gasteiger partial charge in [0.1, 0.15) is 0 Å². The minimum absolute atomic E-state index is 0.307. The third kappa shape index (κ3) is 2.11. The van der Waals surface area contributed by atoms with Crippen LogP contribution in [0.25, 0.3) is 0 Å². The molecule has 0 bridgehead atoms. The van der Waals surface area contributed by atoms with E-state index >= 15 is 0 Å². The number of carboxylic acids is 1. The van der Waals surface area contributed by atoms with Gasteiger partial charge in [0.2, 0.25) is 0 Å². The molecule has 0 fully saturated rings. The molecular weight excluding hydrogens is 214 g/mol. The number of carboxylic acid groups (broad SMARTS) is 1. The van der Waals surface area contributed by atoms with Crippen LogP contribution in [-0.4, -0.2) is 11.1 Å². The van der Waals surface area contributed by atoms with Crippen LogP contribution in [0.2, 0.25) is 5.02 Å². The molecule has 0 saturated heterocycles. The standard InChI is InChI=1S/C11H10ClNO2/c1-11(2,10(14)15)8-4-3-7(6-13)5-9(8)12/h3-5H,1-2H3,(H,14,15). The smallest absolute Gasteiger partial charge is 0.313 e. The van der Waals surface area contributed by atoms with Crippen LogP contribution in [0, 0.1) is 11.3 Å². The van der Waals surface area contributed by atoms with E-state index in [0.29, 0.717) is 16.1 Å². The van der Waals surface area contributed by atoms with Gasteiger partial charge in [0.05, 0.1) is 17.0 Å². The van der Waals surface area contributed by atoms with Gasteiger partial charge in [-0.05, 0) is 31.5 Å². The average molecular weight is 224 g/mol. The van der Waals surface area contributed by atoms with Gasteiger partial charge in [-0.25, -0.2) is 0 Å². The number of aliphatic carboxylic acids is 1. The molecule has 0 aliphatic carbocycles. The zero-order chi connectivity index (χ0) is 11.6. The van der Waals surface area contributed by atoms with Gasteiger partial charge in [-0.1, -0.05) is 17.7 Å². The molecule has 0 unspecified atom stereocenters. The van der Waals surface area contributed by atoms with Crippen LogP contribution in [0.5, 0.6) is 0 Å². The highest BCUT2D eigenvalue weighted by molar-refractivity contribution is 6.31. The maximum atomic E-state index is 11.0. The molecule has 0 aliphatic heterocycles. The number of nitrogens with zero attached hydrogens (tertiary/aromatic N) is 1. The zero-order valence-corrected chi connectivity index (χ0v) is 9.17. The Bertz CT molecular complexity index is 446. The van der Waals surface area contributed by atoms with E-state index in [0.717, 1.165) is 0 Å². The third-order valence-electron chi connectivity index (χ3n) is 2.31. The van der Waals surface area contributed by atoms with Crippen LogP contribution in [-0.2, 0) is 10.2 Å². The topological polar surface area (TPSA) is 61.1 Å². The Kier molecular flexibility index (Phi) is 3.01. The highest BCUT2D eigenvalue weighted by atomic mass is 35.5. The van der Waals surface area contributed by atoms with Crippen molar-refractivity contribution >= 4 is 17.6 Å². The Hall–Kier alpha value is -1.53. The first-order valence-corrected chi connectivity index (χ1v) is 4.71. The van der Waals surface area contributed by atoms with Gasteiger partial charge in [-0.3, -0.25) is 4.79 Å². The molecule has 15 heavy (non-hydrogen) atoms. The summed E-state index contributed by atoms with van der Waals surface area (Å²) in [4.78, 5) is 11.0. The first kappa shape index (κ1) is 11.5. The van der Waals surface area contributed by atoms with E-state index in [1.807, 2.05) is 6.07 Å². The SMILES string of the molecule is CC(C)(C(=O)O)c1ccc(C#N)cc1Cl. The molecule has 4 heteroatoms. The predicted octanol–water partition coefficient (Wildman–Crippen LogP) is 2.57. The van der Waals surface area contributed by atoms with Crippen molar-refractivity contribution in [3.05, 3.63) is 34.3 Å². The third-order valence-corrected chi connectivity index (χ3v) is 2.62. The van der Waals surface area contributed by atoms with E-state index in [1.165, 1.54) is 6.07 Å². The van der Waals surface area contributed by atoms with Crippen LogP contribution in [0.1, 0.15) is 25.0 Å². The molecule has 78 valence electrons. The molecule has 0 heterocycles. The Balaban J connectivity index is 3.29. The Morgan fingerprint density at radius 3 is 2.53 bits per heavy atom. The molecule has 0 amide bonds. The van der Waals surface area contributed by atoms with E-state index in [2.05, 4.69) is 0 Å². The summed E-state index contributed by atoms with van der Waals surface area (Å²) in [5, 5.41) is 18.0. The maximum absolute atomic E-state index is 11.0. The monoisotopic (exact) mass is 223 g/mol. The lowest BCUT2D eigenvalue weighted by Gasteiger charge is -2.20. The zero-order valence-electron chi connectivity index (χ0n) is 8.41. The van der Waals surface area contributed by atoms with Crippen molar-refractivity contribution in [3.8, 4) is 6.07 Å². The highest BCUT2D eigenvalue weighted by Crippen LogP contribution is 2.30. The highest BCUT2D eigenvalue weighted by Gasteiger charge is 2.31. The Labute approximate surface area is 92.9 Å². The van der Waals surface area contributed by atoms with Crippen molar-refractivity contribution in [1.29, 1.82) is 5.26 Å². The molecule has 0 spiro atoms. The number of hydrogen-bond acceptors (Lipinski definition) is 2. The molecule has 1 rings (SSSR count). The van der Waals surface area contributed by atoms with Gasteiger partial charge in [-0.15, -0.1) is 0 Å². The summed E-state index contributed by atoms with van der Waals surface area (Å²) in [6, 6.07) is 6.56. The van der Waals surface area contributed by atoms with Crippen LogP contribution in [0.3, 0.4) is 0 Å². The van der Waals surface area contributed by atoms with Gasteiger partial charge < -0.3 is 5.11 Å². The molecule has 0 aromatic heterocycles. The molecule has 1 aromatic rings. The summed E-state index contributed by atoms with van der Waals surface area (Å²) in [5.74, 6) is -0.950. The van der Waals surface area contributed by atoms with Crippen LogP contribution in [0.15, 0.2) is 18.2 Å². The quantitative estimate of drug-likeness (QED) is 0.838.